The molecule has 3 aromatic carbocycles. The maximum atomic E-state index is 13.7. The van der Waals surface area contributed by atoms with E-state index in [1.165, 1.54) is 4.90 Å². The second kappa shape index (κ2) is 10.3. The summed E-state index contributed by atoms with van der Waals surface area (Å²) in [5, 5.41) is 2.97. The molecule has 0 spiro atoms. The molecule has 6 heteroatoms. The molecule has 1 fully saturated rings. The van der Waals surface area contributed by atoms with Crippen molar-refractivity contribution < 1.29 is 19.1 Å². The Kier molecular flexibility index (Phi) is 6.97. The highest BCUT2D eigenvalue weighted by atomic mass is 16.5. The number of allylic oxidation sites excluding steroid dienone is 1. The Balaban J connectivity index is 1.48. The number of hydrogen-bond donors (Lipinski definition) is 1. The molecule has 0 bridgehead atoms. The van der Waals surface area contributed by atoms with Crippen molar-refractivity contribution in [3.05, 3.63) is 102 Å². The van der Waals surface area contributed by atoms with E-state index < -0.39 is 11.6 Å². The monoisotopic (exact) mass is 456 g/mol. The quantitative estimate of drug-likeness (QED) is 0.364. The van der Waals surface area contributed by atoms with Crippen LogP contribution in [0.2, 0.25) is 0 Å². The van der Waals surface area contributed by atoms with Gasteiger partial charge in [-0.05, 0) is 42.2 Å². The fraction of sp³-hybridized carbons (Fsp3) is 0.214. The van der Waals surface area contributed by atoms with Gasteiger partial charge in [-0.2, -0.15) is 0 Å². The Bertz CT molecular complexity index is 1140. The first-order valence-electron chi connectivity index (χ1n) is 11.3. The van der Waals surface area contributed by atoms with Gasteiger partial charge in [-0.15, -0.1) is 0 Å². The molecule has 3 amide bonds. The summed E-state index contributed by atoms with van der Waals surface area (Å²) in [6.45, 7) is 2.53. The lowest BCUT2D eigenvalue weighted by molar-refractivity contribution is -0.130. The summed E-state index contributed by atoms with van der Waals surface area (Å²) < 4.78 is 11.3. The van der Waals surface area contributed by atoms with Gasteiger partial charge in [0.2, 0.25) is 0 Å². The molecule has 0 saturated carbocycles. The first-order chi connectivity index (χ1) is 16.6. The average Bonchev–Trinajstić information content (AvgIpc) is 3.14. The fourth-order valence-corrected chi connectivity index (χ4v) is 4.22. The van der Waals surface area contributed by atoms with Gasteiger partial charge < -0.3 is 14.8 Å². The van der Waals surface area contributed by atoms with Crippen LogP contribution in [0.4, 0.5) is 4.79 Å². The van der Waals surface area contributed by atoms with Crippen LogP contribution in [0.15, 0.2) is 84.9 Å². The number of carbonyl (C=O) groups is 2. The Morgan fingerprint density at radius 3 is 2.15 bits per heavy atom. The average molecular weight is 457 g/mol. The number of rotatable bonds is 9. The molecule has 1 aliphatic heterocycles. The minimum absolute atomic E-state index is 0.241. The highest BCUT2D eigenvalue weighted by Gasteiger charge is 2.53. The number of nitrogens with zero attached hydrogens (tertiary/aromatic N) is 1. The van der Waals surface area contributed by atoms with Gasteiger partial charge in [0.05, 0.1) is 13.7 Å². The normalized spacial score (nSPS) is 14.9. The topological polar surface area (TPSA) is 67.9 Å². The Morgan fingerprint density at radius 2 is 1.56 bits per heavy atom. The Labute approximate surface area is 199 Å². The summed E-state index contributed by atoms with van der Waals surface area (Å²) in [4.78, 5) is 27.9. The third kappa shape index (κ3) is 4.39. The van der Waals surface area contributed by atoms with E-state index in [0.717, 1.165) is 16.7 Å². The van der Waals surface area contributed by atoms with Gasteiger partial charge in [0.25, 0.3) is 5.91 Å². The number of nitrogens with one attached hydrogen (secondary N) is 1. The molecular formula is C28H28N2O4. The Hall–Kier alpha value is -4.06. The van der Waals surface area contributed by atoms with E-state index in [0.29, 0.717) is 24.5 Å². The minimum Gasteiger partial charge on any atom is -0.493 e. The predicted molar refractivity (Wildman–Crippen MR) is 132 cm³/mol. The van der Waals surface area contributed by atoms with E-state index >= 15 is 0 Å². The van der Waals surface area contributed by atoms with E-state index in [1.54, 1.807) is 7.11 Å². The van der Waals surface area contributed by atoms with Crippen LogP contribution in [0.1, 0.15) is 30.0 Å². The highest BCUT2D eigenvalue weighted by Crippen LogP contribution is 2.36. The molecule has 0 atom stereocenters. The molecule has 0 radical (unpaired) electrons. The molecular weight excluding hydrogens is 428 g/mol. The minimum atomic E-state index is -1.24. The largest absolute Gasteiger partial charge is 0.493 e. The van der Waals surface area contributed by atoms with Crippen LogP contribution >= 0.6 is 0 Å². The molecule has 4 rings (SSSR count). The van der Waals surface area contributed by atoms with Crippen LogP contribution in [-0.4, -0.2) is 37.1 Å². The maximum Gasteiger partial charge on any atom is 0.325 e. The van der Waals surface area contributed by atoms with Crippen LogP contribution in [-0.2, 0) is 10.3 Å². The second-order valence-corrected chi connectivity index (χ2v) is 7.98. The zero-order valence-electron chi connectivity index (χ0n) is 19.4. The van der Waals surface area contributed by atoms with E-state index in [4.69, 9.17) is 9.47 Å². The number of urea groups is 1. The van der Waals surface area contributed by atoms with Crippen molar-refractivity contribution in [1.29, 1.82) is 0 Å². The SMILES string of the molecule is CC=Cc1ccc(OCCCN2C(=O)NC(c3ccccc3)(c3ccccc3)C2=O)c(OC)c1. The number of amides is 3. The molecule has 1 aliphatic rings. The van der Waals surface area contributed by atoms with Crippen molar-refractivity contribution in [3.8, 4) is 11.5 Å². The first kappa shape index (κ1) is 23.1. The fourth-order valence-electron chi connectivity index (χ4n) is 4.22. The standard InChI is InChI=1S/C28H28N2O4/c1-3-11-21-16-17-24(25(20-21)33-2)34-19-10-18-30-26(31)28(29-27(30)32,22-12-6-4-7-13-22)23-14-8-5-9-15-23/h3-9,11-17,20H,10,18-19H2,1-2H3,(H,29,32). The molecule has 0 aromatic heterocycles. The molecule has 1 N–H and O–H groups in total. The zero-order valence-corrected chi connectivity index (χ0v) is 19.4. The van der Waals surface area contributed by atoms with Crippen molar-refractivity contribution in [1.82, 2.24) is 10.2 Å². The van der Waals surface area contributed by atoms with Crippen molar-refractivity contribution >= 4 is 18.0 Å². The van der Waals surface area contributed by atoms with E-state index in [-0.39, 0.29) is 12.5 Å². The van der Waals surface area contributed by atoms with Crippen molar-refractivity contribution in [2.75, 3.05) is 20.3 Å². The summed E-state index contributed by atoms with van der Waals surface area (Å²) >= 11 is 0. The maximum absolute atomic E-state index is 13.7. The molecule has 1 saturated heterocycles. The third-order valence-corrected chi connectivity index (χ3v) is 5.85. The van der Waals surface area contributed by atoms with Gasteiger partial charge in [-0.3, -0.25) is 9.69 Å². The van der Waals surface area contributed by atoms with Gasteiger partial charge in [0.15, 0.2) is 17.0 Å². The number of ether oxygens (including phenoxy) is 2. The number of carbonyl (C=O) groups excluding carboxylic acids is 2. The molecule has 34 heavy (non-hydrogen) atoms. The van der Waals surface area contributed by atoms with Crippen LogP contribution in [0.3, 0.4) is 0 Å². The van der Waals surface area contributed by atoms with Crippen LogP contribution in [0.25, 0.3) is 6.08 Å². The van der Waals surface area contributed by atoms with Crippen molar-refractivity contribution in [3.63, 3.8) is 0 Å². The Morgan fingerprint density at radius 1 is 0.912 bits per heavy atom. The number of imide groups is 1. The summed E-state index contributed by atoms with van der Waals surface area (Å²) in [7, 11) is 1.60. The zero-order chi connectivity index (χ0) is 24.0. The van der Waals surface area contributed by atoms with Crippen LogP contribution < -0.4 is 14.8 Å². The smallest absolute Gasteiger partial charge is 0.325 e. The predicted octanol–water partition coefficient (Wildman–Crippen LogP) is 4.99. The molecule has 174 valence electrons. The van der Waals surface area contributed by atoms with Gasteiger partial charge >= 0.3 is 6.03 Å². The molecule has 0 aliphatic carbocycles. The van der Waals surface area contributed by atoms with E-state index in [2.05, 4.69) is 5.32 Å². The van der Waals surface area contributed by atoms with E-state index in [1.807, 2.05) is 97.9 Å². The first-order valence-corrected chi connectivity index (χ1v) is 11.3. The number of hydrogen-bond acceptors (Lipinski definition) is 4. The lowest BCUT2D eigenvalue weighted by Crippen LogP contribution is -2.45. The summed E-state index contributed by atoms with van der Waals surface area (Å²) in [6.07, 6.45) is 4.42. The van der Waals surface area contributed by atoms with Crippen molar-refractivity contribution in [2.24, 2.45) is 0 Å². The van der Waals surface area contributed by atoms with Gasteiger partial charge in [-0.25, -0.2) is 4.79 Å². The van der Waals surface area contributed by atoms with Crippen molar-refractivity contribution in [2.45, 2.75) is 18.9 Å². The number of benzene rings is 3. The summed E-state index contributed by atoms with van der Waals surface area (Å²) in [5.41, 5.74) is 1.23. The highest BCUT2D eigenvalue weighted by molar-refractivity contribution is 6.09. The lowest BCUT2D eigenvalue weighted by atomic mass is 9.82. The molecule has 3 aromatic rings. The van der Waals surface area contributed by atoms with Crippen LogP contribution in [0.5, 0.6) is 11.5 Å². The molecule has 1 heterocycles. The second-order valence-electron chi connectivity index (χ2n) is 7.98. The molecule has 0 unspecified atom stereocenters. The van der Waals surface area contributed by atoms with Gasteiger partial charge in [-0.1, -0.05) is 78.9 Å². The van der Waals surface area contributed by atoms with E-state index in [9.17, 15) is 9.59 Å². The summed E-state index contributed by atoms with van der Waals surface area (Å²) in [5.74, 6) is 0.969. The lowest BCUT2D eigenvalue weighted by Gasteiger charge is -2.28. The van der Waals surface area contributed by atoms with Crippen LogP contribution in [0, 0.1) is 0 Å². The van der Waals surface area contributed by atoms with Gasteiger partial charge in [0, 0.05) is 6.54 Å². The van der Waals surface area contributed by atoms with Gasteiger partial charge in [0.1, 0.15) is 0 Å². The third-order valence-electron chi connectivity index (χ3n) is 5.85. The number of methoxy groups -OCH3 is 1. The summed E-state index contributed by atoms with van der Waals surface area (Å²) in [6, 6.07) is 24.0. The molecule has 6 nitrogen and oxygen atoms in total.